The number of amides is 1. The van der Waals surface area contributed by atoms with Crippen LogP contribution in [0.5, 0.6) is 0 Å². The molecule has 0 heterocycles. The van der Waals surface area contributed by atoms with Gasteiger partial charge in [-0.3, -0.25) is 4.79 Å². The van der Waals surface area contributed by atoms with Crippen LogP contribution in [0.2, 0.25) is 0 Å². The number of carbonyl (C=O) groups is 1. The average molecular weight is 376 g/mol. The van der Waals surface area contributed by atoms with E-state index in [0.29, 0.717) is 12.1 Å². The summed E-state index contributed by atoms with van der Waals surface area (Å²) in [4.78, 5) is 13.9. The Labute approximate surface area is 145 Å². The van der Waals surface area contributed by atoms with E-state index in [4.69, 9.17) is 0 Å². The minimum atomic E-state index is -5.01. The summed E-state index contributed by atoms with van der Waals surface area (Å²) in [6, 6.07) is 7.02. The van der Waals surface area contributed by atoms with Gasteiger partial charge in [0.2, 0.25) is 0 Å². The van der Waals surface area contributed by atoms with Crippen LogP contribution >= 0.6 is 0 Å². The Bertz CT molecular complexity index is 762. The molecule has 0 radical (unpaired) electrons. The van der Waals surface area contributed by atoms with Gasteiger partial charge in [0.25, 0.3) is 5.91 Å². The third kappa shape index (κ3) is 4.68. The Morgan fingerprint density at radius 3 is 1.69 bits per heavy atom. The highest BCUT2D eigenvalue weighted by molar-refractivity contribution is 6.04. The number of alkyl halides is 6. The van der Waals surface area contributed by atoms with E-state index in [-0.39, 0.29) is 11.8 Å². The Balaban J connectivity index is 2.35. The number of hydrogen-bond acceptors (Lipinski definition) is 2. The van der Waals surface area contributed by atoms with Crippen LogP contribution in [0.4, 0.5) is 37.7 Å². The number of hydrogen-bond donors (Lipinski definition) is 1. The maximum atomic E-state index is 12.8. The summed E-state index contributed by atoms with van der Waals surface area (Å²) in [7, 11) is 3.57. The smallest absolute Gasteiger partial charge is 0.378 e. The van der Waals surface area contributed by atoms with Gasteiger partial charge in [0.15, 0.2) is 0 Å². The number of anilines is 2. The van der Waals surface area contributed by atoms with E-state index >= 15 is 0 Å². The van der Waals surface area contributed by atoms with Crippen molar-refractivity contribution in [3.63, 3.8) is 0 Å². The Kier molecular flexibility index (Phi) is 5.20. The van der Waals surface area contributed by atoms with Gasteiger partial charge in [-0.25, -0.2) is 0 Å². The quantitative estimate of drug-likeness (QED) is 0.761. The van der Waals surface area contributed by atoms with Crippen molar-refractivity contribution >= 4 is 17.3 Å². The van der Waals surface area contributed by atoms with E-state index in [9.17, 15) is 31.1 Å². The normalized spacial score (nSPS) is 12.0. The van der Waals surface area contributed by atoms with Crippen molar-refractivity contribution in [3.05, 3.63) is 59.2 Å². The minimum absolute atomic E-state index is 0.0251. The maximum absolute atomic E-state index is 12.8. The number of nitrogens with zero attached hydrogens (tertiary/aromatic N) is 1. The molecule has 2 aromatic rings. The van der Waals surface area contributed by atoms with Crippen LogP contribution in [-0.4, -0.2) is 20.0 Å². The average Bonchev–Trinajstić information content (AvgIpc) is 2.53. The Hall–Kier alpha value is -2.71. The first kappa shape index (κ1) is 19.6. The molecule has 0 aliphatic heterocycles. The zero-order valence-corrected chi connectivity index (χ0v) is 13.7. The van der Waals surface area contributed by atoms with Crippen LogP contribution in [0.1, 0.15) is 21.5 Å². The predicted molar refractivity (Wildman–Crippen MR) is 85.2 cm³/mol. The summed E-state index contributed by atoms with van der Waals surface area (Å²) in [5.74, 6) is -1.07. The summed E-state index contributed by atoms with van der Waals surface area (Å²) in [6.07, 6.45) is -10.0. The number of rotatable bonds is 3. The SMILES string of the molecule is CN(C)c1ccc(NC(=O)c2cc(C(F)(F)F)cc(C(F)(F)F)c2)cc1. The van der Waals surface area contributed by atoms with Crippen LogP contribution < -0.4 is 10.2 Å². The second-order valence-corrected chi connectivity index (χ2v) is 5.69. The molecule has 0 aliphatic carbocycles. The molecule has 2 aromatic carbocycles. The molecule has 0 unspecified atom stereocenters. The lowest BCUT2D eigenvalue weighted by Crippen LogP contribution is -2.17. The lowest BCUT2D eigenvalue weighted by atomic mass is 10.0. The predicted octanol–water partition coefficient (Wildman–Crippen LogP) is 5.04. The highest BCUT2D eigenvalue weighted by Gasteiger charge is 2.37. The fourth-order valence-corrected chi connectivity index (χ4v) is 2.13. The standard InChI is InChI=1S/C17H14F6N2O/c1-25(2)14-5-3-13(4-6-14)24-15(26)10-7-11(16(18,19)20)9-12(8-10)17(21,22)23/h3-9H,1-2H3,(H,24,26). The van der Waals surface area contributed by atoms with Crippen LogP contribution in [0.15, 0.2) is 42.5 Å². The summed E-state index contributed by atoms with van der Waals surface area (Å²) in [5.41, 5.74) is -2.77. The molecule has 0 bridgehead atoms. The van der Waals surface area contributed by atoms with Gasteiger partial charge in [0.05, 0.1) is 11.1 Å². The van der Waals surface area contributed by atoms with Crippen molar-refractivity contribution in [1.29, 1.82) is 0 Å². The van der Waals surface area contributed by atoms with Crippen LogP contribution in [0, 0.1) is 0 Å². The van der Waals surface area contributed by atoms with Crippen molar-refractivity contribution in [2.45, 2.75) is 12.4 Å². The van der Waals surface area contributed by atoms with E-state index in [2.05, 4.69) is 5.32 Å². The number of halogens is 6. The highest BCUT2D eigenvalue weighted by Crippen LogP contribution is 2.36. The minimum Gasteiger partial charge on any atom is -0.378 e. The summed E-state index contributed by atoms with van der Waals surface area (Å²) in [6.45, 7) is 0. The monoisotopic (exact) mass is 376 g/mol. The second-order valence-electron chi connectivity index (χ2n) is 5.69. The largest absolute Gasteiger partial charge is 0.416 e. The van der Waals surface area contributed by atoms with Gasteiger partial charge in [-0.05, 0) is 42.5 Å². The molecular weight excluding hydrogens is 362 g/mol. The topological polar surface area (TPSA) is 32.3 Å². The molecule has 1 N–H and O–H groups in total. The van der Waals surface area contributed by atoms with Crippen molar-refractivity contribution in [3.8, 4) is 0 Å². The molecule has 0 saturated carbocycles. The van der Waals surface area contributed by atoms with E-state index < -0.39 is 35.0 Å². The van der Waals surface area contributed by atoms with Crippen molar-refractivity contribution in [2.75, 3.05) is 24.3 Å². The molecule has 0 fully saturated rings. The highest BCUT2D eigenvalue weighted by atomic mass is 19.4. The van der Waals surface area contributed by atoms with Crippen molar-refractivity contribution < 1.29 is 31.1 Å². The lowest BCUT2D eigenvalue weighted by Gasteiger charge is -2.15. The van der Waals surface area contributed by atoms with Gasteiger partial charge in [0, 0.05) is 31.0 Å². The van der Waals surface area contributed by atoms with Crippen LogP contribution in [0.25, 0.3) is 0 Å². The van der Waals surface area contributed by atoms with Gasteiger partial charge < -0.3 is 10.2 Å². The molecule has 0 saturated heterocycles. The van der Waals surface area contributed by atoms with Gasteiger partial charge >= 0.3 is 12.4 Å². The fourth-order valence-electron chi connectivity index (χ4n) is 2.13. The molecule has 2 rings (SSSR count). The maximum Gasteiger partial charge on any atom is 0.416 e. The van der Waals surface area contributed by atoms with Gasteiger partial charge in [-0.2, -0.15) is 26.3 Å². The van der Waals surface area contributed by atoms with Gasteiger partial charge in [-0.1, -0.05) is 0 Å². The van der Waals surface area contributed by atoms with Crippen molar-refractivity contribution in [2.24, 2.45) is 0 Å². The van der Waals surface area contributed by atoms with Gasteiger partial charge in [-0.15, -0.1) is 0 Å². The number of benzene rings is 2. The molecule has 140 valence electrons. The zero-order chi connectivity index (χ0) is 19.7. The van der Waals surface area contributed by atoms with E-state index in [1.54, 1.807) is 31.1 Å². The summed E-state index contributed by atoms with van der Waals surface area (Å²) in [5, 5.41) is 2.29. The zero-order valence-electron chi connectivity index (χ0n) is 13.7. The van der Waals surface area contributed by atoms with Crippen molar-refractivity contribution in [1.82, 2.24) is 0 Å². The Morgan fingerprint density at radius 1 is 0.846 bits per heavy atom. The second kappa shape index (κ2) is 6.89. The molecule has 0 spiro atoms. The molecule has 1 amide bonds. The molecular formula is C17H14F6N2O. The van der Waals surface area contributed by atoms with Gasteiger partial charge in [0.1, 0.15) is 0 Å². The number of nitrogens with one attached hydrogen (secondary N) is 1. The molecule has 0 aliphatic rings. The third-order valence-electron chi connectivity index (χ3n) is 3.49. The first-order valence-electron chi connectivity index (χ1n) is 7.26. The molecule has 9 heteroatoms. The van der Waals surface area contributed by atoms with E-state index in [1.807, 2.05) is 0 Å². The molecule has 0 aromatic heterocycles. The first-order chi connectivity index (χ1) is 11.9. The fraction of sp³-hybridized carbons (Fsp3) is 0.235. The molecule has 3 nitrogen and oxygen atoms in total. The summed E-state index contributed by atoms with van der Waals surface area (Å²) < 4.78 is 77.1. The van der Waals surface area contributed by atoms with E-state index in [1.165, 1.54) is 12.1 Å². The third-order valence-corrected chi connectivity index (χ3v) is 3.49. The van der Waals surface area contributed by atoms with Crippen LogP contribution in [0.3, 0.4) is 0 Å². The lowest BCUT2D eigenvalue weighted by molar-refractivity contribution is -0.143. The number of carbonyl (C=O) groups excluding carboxylic acids is 1. The Morgan fingerprint density at radius 2 is 1.31 bits per heavy atom. The molecule has 0 atom stereocenters. The first-order valence-corrected chi connectivity index (χ1v) is 7.26. The summed E-state index contributed by atoms with van der Waals surface area (Å²) >= 11 is 0. The van der Waals surface area contributed by atoms with E-state index in [0.717, 1.165) is 5.69 Å². The molecule has 26 heavy (non-hydrogen) atoms. The van der Waals surface area contributed by atoms with Crippen LogP contribution in [-0.2, 0) is 12.4 Å².